The molecule has 0 saturated carbocycles. The molecule has 1 atom stereocenters. The molecular formula is C13H16BrNO2. The lowest BCUT2D eigenvalue weighted by Crippen LogP contribution is -2.45. The van der Waals surface area contributed by atoms with Gasteiger partial charge in [0.2, 0.25) is 0 Å². The molecule has 1 aliphatic heterocycles. The maximum atomic E-state index is 11.8. The van der Waals surface area contributed by atoms with Crippen molar-refractivity contribution in [3.05, 3.63) is 33.8 Å². The second-order valence-electron chi connectivity index (χ2n) is 4.93. The second kappa shape index (κ2) is 4.42. The van der Waals surface area contributed by atoms with Crippen molar-refractivity contribution >= 4 is 21.9 Å². The standard InChI is InChI=1S/C13H16BrNO2/c1-13(2)7-15-11(12(16)17-3)8-5-4-6-9(14)10(8)13/h4-6,11,15H,7H2,1-3H3. The molecule has 0 saturated heterocycles. The van der Waals surface area contributed by atoms with Crippen molar-refractivity contribution in [2.75, 3.05) is 13.7 Å². The summed E-state index contributed by atoms with van der Waals surface area (Å²) in [4.78, 5) is 11.8. The van der Waals surface area contributed by atoms with E-state index in [1.165, 1.54) is 12.7 Å². The molecule has 17 heavy (non-hydrogen) atoms. The Balaban J connectivity index is 2.56. The Morgan fingerprint density at radius 2 is 2.24 bits per heavy atom. The third-order valence-corrected chi connectivity index (χ3v) is 3.88. The molecule has 0 radical (unpaired) electrons. The predicted octanol–water partition coefficient (Wildman–Crippen LogP) is 2.54. The number of fused-ring (bicyclic) bond motifs is 1. The van der Waals surface area contributed by atoms with Gasteiger partial charge in [0.25, 0.3) is 0 Å². The Bertz CT molecular complexity index is 457. The van der Waals surface area contributed by atoms with Gasteiger partial charge in [-0.2, -0.15) is 0 Å². The van der Waals surface area contributed by atoms with Crippen LogP contribution in [0.2, 0.25) is 0 Å². The van der Waals surface area contributed by atoms with E-state index >= 15 is 0 Å². The maximum absolute atomic E-state index is 11.8. The largest absolute Gasteiger partial charge is 0.468 e. The zero-order valence-electron chi connectivity index (χ0n) is 10.2. The molecule has 1 aliphatic rings. The molecule has 0 fully saturated rings. The van der Waals surface area contributed by atoms with Gasteiger partial charge < -0.3 is 4.74 Å². The minimum absolute atomic E-state index is 0.0000515. The Morgan fingerprint density at radius 3 is 2.88 bits per heavy atom. The van der Waals surface area contributed by atoms with Crippen LogP contribution in [-0.4, -0.2) is 19.6 Å². The smallest absolute Gasteiger partial charge is 0.327 e. The van der Waals surface area contributed by atoms with Crippen molar-refractivity contribution in [3.8, 4) is 0 Å². The van der Waals surface area contributed by atoms with Gasteiger partial charge >= 0.3 is 5.97 Å². The molecule has 0 spiro atoms. The fourth-order valence-corrected chi connectivity index (χ4v) is 3.30. The first-order valence-corrected chi connectivity index (χ1v) is 6.37. The van der Waals surface area contributed by atoms with Gasteiger partial charge in [0, 0.05) is 16.4 Å². The first kappa shape index (κ1) is 12.6. The quantitative estimate of drug-likeness (QED) is 0.810. The highest BCUT2D eigenvalue weighted by molar-refractivity contribution is 9.10. The van der Waals surface area contributed by atoms with E-state index < -0.39 is 0 Å². The van der Waals surface area contributed by atoms with Gasteiger partial charge in [-0.15, -0.1) is 0 Å². The topological polar surface area (TPSA) is 38.3 Å². The van der Waals surface area contributed by atoms with Crippen LogP contribution in [0.5, 0.6) is 0 Å². The summed E-state index contributed by atoms with van der Waals surface area (Å²) in [6, 6.07) is 5.58. The fourth-order valence-electron chi connectivity index (χ4n) is 2.38. The van der Waals surface area contributed by atoms with E-state index in [1.54, 1.807) is 0 Å². The number of carbonyl (C=O) groups is 1. The lowest BCUT2D eigenvalue weighted by Gasteiger charge is -2.37. The maximum Gasteiger partial charge on any atom is 0.327 e. The number of ether oxygens (including phenoxy) is 1. The van der Waals surface area contributed by atoms with E-state index in [2.05, 4.69) is 35.1 Å². The molecule has 0 bridgehead atoms. The van der Waals surface area contributed by atoms with Gasteiger partial charge in [-0.25, -0.2) is 4.79 Å². The van der Waals surface area contributed by atoms with Crippen molar-refractivity contribution < 1.29 is 9.53 Å². The number of hydrogen-bond donors (Lipinski definition) is 1. The number of halogens is 1. The molecule has 4 heteroatoms. The molecule has 1 heterocycles. The Kier molecular flexibility index (Phi) is 3.27. The van der Waals surface area contributed by atoms with Crippen LogP contribution >= 0.6 is 15.9 Å². The molecule has 3 nitrogen and oxygen atoms in total. The van der Waals surface area contributed by atoms with Gasteiger partial charge in [-0.1, -0.05) is 41.9 Å². The summed E-state index contributed by atoms with van der Waals surface area (Å²) in [5.41, 5.74) is 2.19. The summed E-state index contributed by atoms with van der Waals surface area (Å²) in [5, 5.41) is 3.25. The lowest BCUT2D eigenvalue weighted by molar-refractivity contribution is -0.143. The molecule has 0 amide bonds. The van der Waals surface area contributed by atoms with E-state index in [0.29, 0.717) is 0 Å². The molecule has 2 rings (SSSR count). The molecule has 1 aromatic carbocycles. The number of benzene rings is 1. The highest BCUT2D eigenvalue weighted by Crippen LogP contribution is 2.39. The summed E-state index contributed by atoms with van der Waals surface area (Å²) in [6.07, 6.45) is 0. The zero-order chi connectivity index (χ0) is 12.6. The fraction of sp³-hybridized carbons (Fsp3) is 0.462. The summed E-state index contributed by atoms with van der Waals surface area (Å²) in [5.74, 6) is -0.236. The molecule has 0 aliphatic carbocycles. The Hall–Kier alpha value is -0.870. The van der Waals surface area contributed by atoms with Crippen LogP contribution in [0, 0.1) is 0 Å². The lowest BCUT2D eigenvalue weighted by atomic mass is 9.77. The SMILES string of the molecule is COC(=O)C1NCC(C)(C)c2c(Br)cccc21. The van der Waals surface area contributed by atoms with E-state index in [4.69, 9.17) is 4.74 Å². The first-order chi connectivity index (χ1) is 7.97. The van der Waals surface area contributed by atoms with Crippen LogP contribution in [0.15, 0.2) is 22.7 Å². The summed E-state index contributed by atoms with van der Waals surface area (Å²) >= 11 is 3.58. The molecule has 92 valence electrons. The summed E-state index contributed by atoms with van der Waals surface area (Å²) < 4.78 is 5.89. The number of rotatable bonds is 1. The van der Waals surface area contributed by atoms with Crippen LogP contribution in [0.4, 0.5) is 0 Å². The third-order valence-electron chi connectivity index (χ3n) is 3.22. The predicted molar refractivity (Wildman–Crippen MR) is 69.9 cm³/mol. The first-order valence-electron chi connectivity index (χ1n) is 5.57. The number of esters is 1. The average Bonchev–Trinajstić information content (AvgIpc) is 2.28. The van der Waals surface area contributed by atoms with E-state index in [-0.39, 0.29) is 17.4 Å². The van der Waals surface area contributed by atoms with Gasteiger partial charge in [0.1, 0.15) is 6.04 Å². The van der Waals surface area contributed by atoms with Crippen LogP contribution in [-0.2, 0) is 14.9 Å². The van der Waals surface area contributed by atoms with Crippen LogP contribution in [0.1, 0.15) is 31.0 Å². The number of hydrogen-bond acceptors (Lipinski definition) is 3. The summed E-state index contributed by atoms with van der Waals surface area (Å²) in [7, 11) is 1.42. The third kappa shape index (κ3) is 2.11. The van der Waals surface area contributed by atoms with E-state index in [0.717, 1.165) is 16.6 Å². The number of methoxy groups -OCH3 is 1. The Labute approximate surface area is 110 Å². The number of carbonyl (C=O) groups excluding carboxylic acids is 1. The van der Waals surface area contributed by atoms with Crippen molar-refractivity contribution in [1.82, 2.24) is 5.32 Å². The second-order valence-corrected chi connectivity index (χ2v) is 5.78. The molecule has 1 N–H and O–H groups in total. The van der Waals surface area contributed by atoms with Gasteiger partial charge in [-0.05, 0) is 17.2 Å². The van der Waals surface area contributed by atoms with Crippen LogP contribution < -0.4 is 5.32 Å². The van der Waals surface area contributed by atoms with E-state index in [1.807, 2.05) is 18.2 Å². The van der Waals surface area contributed by atoms with Crippen LogP contribution in [0.25, 0.3) is 0 Å². The van der Waals surface area contributed by atoms with Crippen molar-refractivity contribution in [1.29, 1.82) is 0 Å². The highest BCUT2D eigenvalue weighted by atomic mass is 79.9. The van der Waals surface area contributed by atoms with Gasteiger partial charge in [0.05, 0.1) is 7.11 Å². The Morgan fingerprint density at radius 1 is 1.53 bits per heavy atom. The van der Waals surface area contributed by atoms with Gasteiger partial charge in [0.15, 0.2) is 0 Å². The van der Waals surface area contributed by atoms with E-state index in [9.17, 15) is 4.79 Å². The minimum atomic E-state index is -0.361. The van der Waals surface area contributed by atoms with Crippen molar-refractivity contribution in [2.45, 2.75) is 25.3 Å². The van der Waals surface area contributed by atoms with Crippen molar-refractivity contribution in [3.63, 3.8) is 0 Å². The minimum Gasteiger partial charge on any atom is -0.468 e. The molecular weight excluding hydrogens is 282 g/mol. The highest BCUT2D eigenvalue weighted by Gasteiger charge is 2.37. The molecule has 1 unspecified atom stereocenters. The molecule has 0 aromatic heterocycles. The monoisotopic (exact) mass is 297 g/mol. The van der Waals surface area contributed by atoms with Crippen LogP contribution in [0.3, 0.4) is 0 Å². The van der Waals surface area contributed by atoms with Gasteiger partial charge in [-0.3, -0.25) is 5.32 Å². The molecule has 1 aromatic rings. The average molecular weight is 298 g/mol. The number of nitrogens with one attached hydrogen (secondary N) is 1. The zero-order valence-corrected chi connectivity index (χ0v) is 11.8. The summed E-state index contributed by atoms with van der Waals surface area (Å²) in [6.45, 7) is 5.08. The van der Waals surface area contributed by atoms with Crippen molar-refractivity contribution in [2.24, 2.45) is 0 Å². The normalized spacial score (nSPS) is 21.8.